The molecule has 7 heteroatoms. The van der Waals surface area contributed by atoms with Gasteiger partial charge in [-0.15, -0.1) is 11.3 Å². The lowest BCUT2D eigenvalue weighted by Gasteiger charge is -2.13. The number of hydrogen-bond acceptors (Lipinski definition) is 5. The molecule has 0 aliphatic heterocycles. The molecule has 1 aromatic heterocycles. The largest absolute Gasteiger partial charge is 0.492 e. The van der Waals surface area contributed by atoms with Crippen molar-refractivity contribution in [2.75, 3.05) is 11.3 Å². The molecule has 0 aliphatic rings. The minimum atomic E-state index is -3.68. The van der Waals surface area contributed by atoms with Gasteiger partial charge in [-0.3, -0.25) is 4.72 Å². The molecule has 2 aromatic rings. The monoisotopic (exact) mass is 326 g/mol. The third-order valence-electron chi connectivity index (χ3n) is 2.87. The normalized spacial score (nSPS) is 11.4. The van der Waals surface area contributed by atoms with Crippen LogP contribution in [0.15, 0.2) is 34.5 Å². The van der Waals surface area contributed by atoms with Crippen LogP contribution in [0.5, 0.6) is 5.75 Å². The third-order valence-corrected chi connectivity index (χ3v) is 5.73. The minimum absolute atomic E-state index is 0.196. The lowest BCUT2D eigenvalue weighted by molar-refractivity contribution is 0.342. The molecule has 0 spiro atoms. The zero-order chi connectivity index (χ0) is 15.5. The van der Waals surface area contributed by atoms with Crippen LogP contribution < -0.4 is 15.2 Å². The summed E-state index contributed by atoms with van der Waals surface area (Å²) in [6, 6.07) is 6.95. The number of aryl methyl sites for hydroxylation is 1. The predicted molar refractivity (Wildman–Crippen MR) is 85.4 cm³/mol. The summed E-state index contributed by atoms with van der Waals surface area (Å²) in [6.45, 7) is 4.27. The van der Waals surface area contributed by atoms with Crippen LogP contribution in [-0.2, 0) is 16.6 Å². The average Bonchev–Trinajstić information content (AvgIpc) is 2.83. The Morgan fingerprint density at radius 1 is 1.33 bits per heavy atom. The maximum Gasteiger partial charge on any atom is 0.263 e. The molecule has 1 heterocycles. The number of ether oxygens (including phenoxy) is 1. The molecule has 0 fully saturated rings. The van der Waals surface area contributed by atoms with Crippen molar-refractivity contribution in [3.63, 3.8) is 0 Å². The van der Waals surface area contributed by atoms with E-state index in [4.69, 9.17) is 10.5 Å². The SMILES string of the molecule is CCOc1ccccc1NS(=O)(=O)c1c(C)csc1CN. The third kappa shape index (κ3) is 3.37. The second kappa shape index (κ2) is 6.46. The molecule has 0 aliphatic carbocycles. The average molecular weight is 326 g/mol. The van der Waals surface area contributed by atoms with Gasteiger partial charge in [0.15, 0.2) is 0 Å². The smallest absolute Gasteiger partial charge is 0.263 e. The van der Waals surface area contributed by atoms with Gasteiger partial charge in [-0.2, -0.15) is 0 Å². The van der Waals surface area contributed by atoms with E-state index in [9.17, 15) is 8.42 Å². The molecular formula is C14H18N2O3S2. The van der Waals surface area contributed by atoms with E-state index in [1.54, 1.807) is 36.6 Å². The number of hydrogen-bond donors (Lipinski definition) is 2. The van der Waals surface area contributed by atoms with Crippen molar-refractivity contribution in [3.8, 4) is 5.75 Å². The summed E-state index contributed by atoms with van der Waals surface area (Å²) in [6.07, 6.45) is 0. The standard InChI is InChI=1S/C14H18N2O3S2/c1-3-19-12-7-5-4-6-11(12)16-21(17,18)14-10(2)9-20-13(14)8-15/h4-7,9,16H,3,8,15H2,1-2H3. The summed E-state index contributed by atoms with van der Waals surface area (Å²) >= 11 is 1.35. The molecule has 0 bridgehead atoms. The molecule has 21 heavy (non-hydrogen) atoms. The topological polar surface area (TPSA) is 81.4 Å². The highest BCUT2D eigenvalue weighted by atomic mass is 32.2. The van der Waals surface area contributed by atoms with Gasteiger partial charge in [0.2, 0.25) is 0 Å². The first-order chi connectivity index (χ1) is 9.99. The van der Waals surface area contributed by atoms with Crippen molar-refractivity contribution in [1.29, 1.82) is 0 Å². The van der Waals surface area contributed by atoms with Gasteiger partial charge in [-0.1, -0.05) is 12.1 Å². The zero-order valence-electron chi connectivity index (χ0n) is 11.9. The van der Waals surface area contributed by atoms with Crippen LogP contribution in [0.3, 0.4) is 0 Å². The van der Waals surface area contributed by atoms with Crippen molar-refractivity contribution in [2.24, 2.45) is 5.73 Å². The quantitative estimate of drug-likeness (QED) is 0.855. The Balaban J connectivity index is 2.40. The van der Waals surface area contributed by atoms with Crippen LogP contribution >= 0.6 is 11.3 Å². The van der Waals surface area contributed by atoms with E-state index < -0.39 is 10.0 Å². The fraction of sp³-hybridized carbons (Fsp3) is 0.286. The van der Waals surface area contributed by atoms with E-state index in [0.29, 0.717) is 28.5 Å². The molecule has 5 nitrogen and oxygen atoms in total. The van der Waals surface area contributed by atoms with E-state index in [2.05, 4.69) is 4.72 Å². The van der Waals surface area contributed by atoms with Crippen molar-refractivity contribution in [2.45, 2.75) is 25.3 Å². The predicted octanol–water partition coefficient (Wildman–Crippen LogP) is 2.71. The molecular weight excluding hydrogens is 308 g/mol. The van der Waals surface area contributed by atoms with Gasteiger partial charge in [0.25, 0.3) is 10.0 Å². The number of sulfonamides is 1. The Morgan fingerprint density at radius 3 is 2.71 bits per heavy atom. The van der Waals surface area contributed by atoms with Crippen LogP contribution in [0.2, 0.25) is 0 Å². The van der Waals surface area contributed by atoms with Crippen LogP contribution in [0.25, 0.3) is 0 Å². The Kier molecular flexibility index (Phi) is 4.87. The van der Waals surface area contributed by atoms with Gasteiger partial charge < -0.3 is 10.5 Å². The highest BCUT2D eigenvalue weighted by Gasteiger charge is 2.23. The second-order valence-electron chi connectivity index (χ2n) is 4.41. The highest BCUT2D eigenvalue weighted by molar-refractivity contribution is 7.93. The number of rotatable bonds is 6. The van der Waals surface area contributed by atoms with Crippen LogP contribution in [0.1, 0.15) is 17.4 Å². The Bertz CT molecular complexity index is 724. The summed E-state index contributed by atoms with van der Waals surface area (Å²) in [7, 11) is -3.68. The zero-order valence-corrected chi connectivity index (χ0v) is 13.6. The molecule has 0 saturated carbocycles. The van der Waals surface area contributed by atoms with E-state index in [-0.39, 0.29) is 11.4 Å². The molecule has 2 rings (SSSR count). The summed E-state index contributed by atoms with van der Waals surface area (Å²) in [4.78, 5) is 0.912. The van der Waals surface area contributed by atoms with E-state index in [1.165, 1.54) is 11.3 Å². The van der Waals surface area contributed by atoms with Crippen molar-refractivity contribution in [3.05, 3.63) is 40.1 Å². The number of anilines is 1. The van der Waals surface area contributed by atoms with Gasteiger partial charge in [-0.25, -0.2) is 8.42 Å². The van der Waals surface area contributed by atoms with E-state index >= 15 is 0 Å². The van der Waals surface area contributed by atoms with Crippen LogP contribution in [-0.4, -0.2) is 15.0 Å². The first-order valence-electron chi connectivity index (χ1n) is 6.51. The minimum Gasteiger partial charge on any atom is -0.492 e. The Morgan fingerprint density at radius 2 is 2.05 bits per heavy atom. The number of nitrogens with one attached hydrogen (secondary N) is 1. The maximum atomic E-state index is 12.6. The van der Waals surface area contributed by atoms with Crippen molar-refractivity contribution >= 4 is 27.0 Å². The first kappa shape index (κ1) is 15.8. The van der Waals surface area contributed by atoms with Gasteiger partial charge in [0, 0.05) is 11.4 Å². The lowest BCUT2D eigenvalue weighted by Crippen LogP contribution is -2.16. The number of thiophene rings is 1. The number of nitrogens with two attached hydrogens (primary N) is 1. The maximum absolute atomic E-state index is 12.6. The van der Waals surface area contributed by atoms with Gasteiger partial charge >= 0.3 is 0 Å². The number of benzene rings is 1. The van der Waals surface area contributed by atoms with Gasteiger partial charge in [0.05, 0.1) is 12.3 Å². The Hall–Kier alpha value is -1.57. The lowest BCUT2D eigenvalue weighted by atomic mass is 10.3. The highest BCUT2D eigenvalue weighted by Crippen LogP contribution is 2.31. The van der Waals surface area contributed by atoms with Crippen molar-refractivity contribution in [1.82, 2.24) is 0 Å². The summed E-state index contributed by atoms with van der Waals surface area (Å²) < 4.78 is 33.2. The molecule has 0 saturated heterocycles. The van der Waals surface area contributed by atoms with E-state index in [0.717, 1.165) is 0 Å². The fourth-order valence-electron chi connectivity index (χ4n) is 2.02. The summed E-state index contributed by atoms with van der Waals surface area (Å²) in [5, 5.41) is 1.80. The fourth-order valence-corrected chi connectivity index (χ4v) is 4.79. The molecule has 3 N–H and O–H groups in total. The first-order valence-corrected chi connectivity index (χ1v) is 8.87. The Labute approximate surface area is 128 Å². The summed E-state index contributed by atoms with van der Waals surface area (Å²) in [5.41, 5.74) is 6.75. The molecule has 114 valence electrons. The van der Waals surface area contributed by atoms with Crippen molar-refractivity contribution < 1.29 is 13.2 Å². The van der Waals surface area contributed by atoms with Crippen LogP contribution in [0.4, 0.5) is 5.69 Å². The molecule has 0 unspecified atom stereocenters. The van der Waals surface area contributed by atoms with Crippen LogP contribution in [0, 0.1) is 6.92 Å². The van der Waals surface area contributed by atoms with Gasteiger partial charge in [-0.05, 0) is 36.9 Å². The number of para-hydroxylation sites is 2. The summed E-state index contributed by atoms with van der Waals surface area (Å²) in [5.74, 6) is 0.505. The van der Waals surface area contributed by atoms with Gasteiger partial charge in [0.1, 0.15) is 10.6 Å². The molecule has 0 atom stereocenters. The molecule has 1 aromatic carbocycles. The van der Waals surface area contributed by atoms with E-state index in [1.807, 2.05) is 6.92 Å². The second-order valence-corrected chi connectivity index (χ2v) is 6.99. The molecule has 0 radical (unpaired) electrons. The molecule has 0 amide bonds.